The minimum absolute atomic E-state index is 0.00407. The maximum Gasteiger partial charge on any atom is 0.310 e. The van der Waals surface area contributed by atoms with Crippen LogP contribution in [-0.4, -0.2) is 30.3 Å². The Morgan fingerprint density at radius 3 is 2.50 bits per heavy atom. The van der Waals surface area contributed by atoms with Gasteiger partial charge in [0, 0.05) is 0 Å². The zero-order valence-corrected chi connectivity index (χ0v) is 13.4. The second-order valence-corrected chi connectivity index (χ2v) is 8.56. The van der Waals surface area contributed by atoms with E-state index in [0.717, 1.165) is 5.75 Å². The molecule has 18 heavy (non-hydrogen) atoms. The van der Waals surface area contributed by atoms with Gasteiger partial charge in [0.1, 0.15) is 18.1 Å². The second-order valence-electron chi connectivity index (χ2n) is 6.01. The minimum atomic E-state index is -0.00407. The summed E-state index contributed by atoms with van der Waals surface area (Å²) in [6, 6.07) is 0. The Kier molecular flexibility index (Phi) is 5.32. The van der Waals surface area contributed by atoms with Gasteiger partial charge in [-0.3, -0.25) is 4.79 Å². The summed E-state index contributed by atoms with van der Waals surface area (Å²) in [5, 5.41) is 0. The molecule has 0 aromatic carbocycles. The largest absolute Gasteiger partial charge is 0.460 e. The van der Waals surface area contributed by atoms with Gasteiger partial charge in [-0.15, -0.1) is 0 Å². The van der Waals surface area contributed by atoms with Crippen LogP contribution in [0.3, 0.4) is 0 Å². The van der Waals surface area contributed by atoms with Gasteiger partial charge in [0.25, 0.3) is 0 Å². The fourth-order valence-electron chi connectivity index (χ4n) is 2.32. The maximum atomic E-state index is 12.0. The third kappa shape index (κ3) is 3.78. The third-order valence-electron chi connectivity index (χ3n) is 3.85. The van der Waals surface area contributed by atoms with Crippen LogP contribution in [0.4, 0.5) is 0 Å². The lowest BCUT2D eigenvalue weighted by molar-refractivity contribution is -0.145. The van der Waals surface area contributed by atoms with E-state index in [1.165, 1.54) is 11.3 Å². The molecule has 1 rings (SSSR count). The molecule has 0 aromatic heterocycles. The number of ether oxygens (including phenoxy) is 1. The number of allylic oxidation sites excluding steroid dienone is 2. The molecule has 1 aliphatic rings. The minimum Gasteiger partial charge on any atom is -0.460 e. The molecule has 0 spiro atoms. The van der Waals surface area contributed by atoms with E-state index in [4.69, 9.17) is 4.74 Å². The zero-order valence-electron chi connectivity index (χ0n) is 12.6. The predicted molar refractivity (Wildman–Crippen MR) is 79.8 cm³/mol. The van der Waals surface area contributed by atoms with Crippen molar-refractivity contribution in [3.8, 4) is 0 Å². The highest BCUT2D eigenvalue weighted by Gasteiger charge is 2.61. The summed E-state index contributed by atoms with van der Waals surface area (Å²) in [6.07, 6.45) is 4.43. The van der Waals surface area contributed by atoms with Crippen LogP contribution in [0.2, 0.25) is 0 Å². The van der Waals surface area contributed by atoms with Crippen molar-refractivity contribution in [2.75, 3.05) is 24.4 Å². The van der Waals surface area contributed by atoms with Gasteiger partial charge in [-0.25, -0.2) is 0 Å². The molecular weight excluding hydrogens is 244 g/mol. The lowest BCUT2D eigenvalue weighted by Gasteiger charge is -2.05. The third-order valence-corrected chi connectivity index (χ3v) is 5.70. The fraction of sp³-hybridized carbons (Fsp3) is 0.800. The van der Waals surface area contributed by atoms with Gasteiger partial charge in [-0.2, -0.15) is 0 Å². The average molecular weight is 271 g/mol. The lowest BCUT2D eigenvalue weighted by atomic mass is 10.1. The van der Waals surface area contributed by atoms with Gasteiger partial charge < -0.3 is 4.74 Å². The number of hydrogen-bond acceptors (Lipinski definition) is 2. The van der Waals surface area contributed by atoms with Gasteiger partial charge in [0.15, 0.2) is 0 Å². The van der Waals surface area contributed by atoms with E-state index in [-0.39, 0.29) is 17.3 Å². The summed E-state index contributed by atoms with van der Waals surface area (Å²) in [4.78, 5) is 12.0. The topological polar surface area (TPSA) is 26.3 Å². The summed E-state index contributed by atoms with van der Waals surface area (Å²) in [5.41, 5.74) is 1.36. The fourth-order valence-corrected chi connectivity index (χ4v) is 2.97. The summed E-state index contributed by atoms with van der Waals surface area (Å²) in [5.74, 6) is 2.60. The van der Waals surface area contributed by atoms with E-state index in [1.807, 2.05) is 0 Å². The maximum absolute atomic E-state index is 12.0. The first-order chi connectivity index (χ1) is 8.30. The first-order valence-corrected chi connectivity index (χ1v) is 8.68. The first-order valence-electron chi connectivity index (χ1n) is 6.71. The number of carbonyl (C=O) groups excluding carboxylic acids is 1. The van der Waals surface area contributed by atoms with E-state index >= 15 is 0 Å². The van der Waals surface area contributed by atoms with Crippen molar-refractivity contribution in [1.29, 1.82) is 0 Å². The van der Waals surface area contributed by atoms with Gasteiger partial charge in [0.2, 0.25) is 0 Å². The number of rotatable bonds is 6. The Morgan fingerprint density at radius 1 is 1.39 bits per heavy atom. The van der Waals surface area contributed by atoms with Crippen LogP contribution in [0.25, 0.3) is 0 Å². The Labute approximate surface area is 115 Å². The van der Waals surface area contributed by atoms with Crippen molar-refractivity contribution in [2.45, 2.75) is 34.6 Å². The van der Waals surface area contributed by atoms with Crippen LogP contribution >= 0.6 is 0 Å². The number of hydrogen-bond donors (Lipinski definition) is 0. The molecule has 0 bridgehead atoms. The van der Waals surface area contributed by atoms with Crippen LogP contribution in [0.5, 0.6) is 0 Å². The molecule has 0 saturated heterocycles. The summed E-state index contributed by atoms with van der Waals surface area (Å²) < 4.78 is 5.42. The predicted octanol–water partition coefficient (Wildman–Crippen LogP) is 3.04. The molecule has 1 fully saturated rings. The normalized spacial score (nSPS) is 26.3. The van der Waals surface area contributed by atoms with Crippen molar-refractivity contribution < 1.29 is 9.53 Å². The molecule has 0 aliphatic heterocycles. The average Bonchev–Trinajstić information content (AvgIpc) is 2.79. The molecular formula is C15H27O2S+. The molecule has 1 aliphatic carbocycles. The molecule has 0 amide bonds. The van der Waals surface area contributed by atoms with Gasteiger partial charge in [-0.1, -0.05) is 25.5 Å². The molecule has 1 unspecified atom stereocenters. The van der Waals surface area contributed by atoms with Crippen molar-refractivity contribution in [3.63, 3.8) is 0 Å². The molecule has 3 heteroatoms. The highest BCUT2D eigenvalue weighted by molar-refractivity contribution is 7.96. The first kappa shape index (κ1) is 15.6. The van der Waals surface area contributed by atoms with Gasteiger partial charge >= 0.3 is 5.97 Å². The van der Waals surface area contributed by atoms with Crippen molar-refractivity contribution >= 4 is 16.9 Å². The highest BCUT2D eigenvalue weighted by atomic mass is 32.2. The molecule has 2 nitrogen and oxygen atoms in total. The molecule has 104 valence electrons. The SMILES string of the molecule is CC[S+](C)CCOC(=O)[C@@H]1[C@H](C=C(C)C)C1(C)C. The summed E-state index contributed by atoms with van der Waals surface area (Å²) in [6.45, 7) is 11.2. The zero-order chi connectivity index (χ0) is 13.9. The van der Waals surface area contributed by atoms with Crippen LogP contribution < -0.4 is 0 Å². The van der Waals surface area contributed by atoms with E-state index in [0.29, 0.717) is 23.4 Å². The van der Waals surface area contributed by atoms with E-state index in [2.05, 4.69) is 47.0 Å². The van der Waals surface area contributed by atoms with Crippen LogP contribution in [0.15, 0.2) is 11.6 Å². The molecule has 0 aromatic rings. The Morgan fingerprint density at radius 2 is 2.00 bits per heavy atom. The van der Waals surface area contributed by atoms with Crippen molar-refractivity contribution in [3.05, 3.63) is 11.6 Å². The van der Waals surface area contributed by atoms with E-state index < -0.39 is 0 Å². The van der Waals surface area contributed by atoms with Crippen LogP contribution in [0.1, 0.15) is 34.6 Å². The smallest absolute Gasteiger partial charge is 0.310 e. The van der Waals surface area contributed by atoms with Crippen LogP contribution in [-0.2, 0) is 20.4 Å². The summed E-state index contributed by atoms with van der Waals surface area (Å²) in [7, 11) is 0.388. The van der Waals surface area contributed by atoms with E-state index in [9.17, 15) is 4.79 Å². The molecule has 3 atom stereocenters. The Hall–Kier alpha value is -0.440. The highest BCUT2D eigenvalue weighted by Crippen LogP contribution is 2.59. The Balaban J connectivity index is 2.42. The Bertz CT molecular complexity index is 329. The second kappa shape index (κ2) is 6.14. The lowest BCUT2D eigenvalue weighted by Crippen LogP contribution is -2.18. The quantitative estimate of drug-likeness (QED) is 0.422. The van der Waals surface area contributed by atoms with Gasteiger partial charge in [0.05, 0.1) is 12.2 Å². The van der Waals surface area contributed by atoms with Crippen molar-refractivity contribution in [1.82, 2.24) is 0 Å². The van der Waals surface area contributed by atoms with Gasteiger partial charge in [-0.05, 0) is 43.0 Å². The summed E-state index contributed by atoms with van der Waals surface area (Å²) >= 11 is 0. The molecule has 1 saturated carbocycles. The van der Waals surface area contributed by atoms with Crippen molar-refractivity contribution in [2.24, 2.45) is 17.3 Å². The molecule has 0 heterocycles. The number of esters is 1. The van der Waals surface area contributed by atoms with Crippen LogP contribution in [0, 0.1) is 17.3 Å². The number of carbonyl (C=O) groups is 1. The standard InChI is InChI=1S/C15H27O2S/c1-7-18(6)9-8-17-14(16)13-12(10-11(2)3)15(13,4)5/h10,12-13H,7-9H2,1-6H3/q+1/t12-,13-,18?/m0/s1. The van der Waals surface area contributed by atoms with E-state index in [1.54, 1.807) is 0 Å². The monoisotopic (exact) mass is 271 g/mol. The molecule has 0 radical (unpaired) electrons. The molecule has 0 N–H and O–H groups in total.